The Balaban J connectivity index is 1.43. The van der Waals surface area contributed by atoms with Crippen LogP contribution in [-0.4, -0.2) is 68.3 Å². The molecule has 35 heavy (non-hydrogen) atoms. The first-order valence-electron chi connectivity index (χ1n) is 12.7. The first-order valence-corrected chi connectivity index (χ1v) is 12.7. The van der Waals surface area contributed by atoms with Gasteiger partial charge in [0.05, 0.1) is 18.9 Å². The standard InChI is InChI=1S/C27H37FN4O3/c1-2-6-25(31-27(33)22(20-29)19-23-7-5-8-26(28)30-23)21-9-11-24(12-10-21)35-18-17-34-16-15-32-13-3-4-14-32/h5,7,9,11-12,19,21,25-26H,2-4,6,8,10,13-18H2,1H3,(H,31,33)/b22-19+. The van der Waals surface area contributed by atoms with Gasteiger partial charge < -0.3 is 19.7 Å². The van der Waals surface area contributed by atoms with Crippen molar-refractivity contribution in [3.63, 3.8) is 0 Å². The van der Waals surface area contributed by atoms with Gasteiger partial charge in [-0.3, -0.25) is 4.79 Å². The van der Waals surface area contributed by atoms with E-state index in [0.717, 1.165) is 38.2 Å². The maximum atomic E-state index is 13.5. The quantitative estimate of drug-likeness (QED) is 0.185. The van der Waals surface area contributed by atoms with Crippen LogP contribution in [0.3, 0.4) is 0 Å². The normalized spacial score (nSPS) is 23.4. The zero-order valence-electron chi connectivity index (χ0n) is 20.6. The highest BCUT2D eigenvalue weighted by atomic mass is 19.1. The molecule has 1 aliphatic carbocycles. The minimum Gasteiger partial charge on any atom is -0.492 e. The summed E-state index contributed by atoms with van der Waals surface area (Å²) in [5.41, 5.74) is 0.220. The highest BCUT2D eigenvalue weighted by Gasteiger charge is 2.24. The topological polar surface area (TPSA) is 87.0 Å². The molecule has 0 saturated carbocycles. The summed E-state index contributed by atoms with van der Waals surface area (Å²) >= 11 is 0. The summed E-state index contributed by atoms with van der Waals surface area (Å²) in [6.07, 6.45) is 14.5. The Morgan fingerprint density at radius 1 is 1.31 bits per heavy atom. The molecule has 3 rings (SSSR count). The van der Waals surface area contributed by atoms with Gasteiger partial charge >= 0.3 is 0 Å². The number of carbonyl (C=O) groups is 1. The molecule has 190 valence electrons. The Kier molecular flexibility index (Phi) is 11.2. The van der Waals surface area contributed by atoms with Gasteiger partial charge in [-0.15, -0.1) is 0 Å². The molecule has 1 saturated heterocycles. The first kappa shape index (κ1) is 26.8. The number of nitrogens with one attached hydrogen (secondary N) is 1. The summed E-state index contributed by atoms with van der Waals surface area (Å²) in [7, 11) is 0. The SMILES string of the molecule is CCCC(NC(=O)/C(C#N)=C/C1=NC(F)CC=C1)C1C=CC(OCCOCCN2CCCC2)=CC1. The Hall–Kier alpha value is -2.76. The van der Waals surface area contributed by atoms with Crippen LogP contribution >= 0.6 is 0 Å². The molecule has 7 nitrogen and oxygen atoms in total. The largest absolute Gasteiger partial charge is 0.492 e. The van der Waals surface area contributed by atoms with Crippen molar-refractivity contribution >= 4 is 11.6 Å². The first-order chi connectivity index (χ1) is 17.1. The number of allylic oxidation sites excluding steroid dienone is 4. The van der Waals surface area contributed by atoms with Crippen molar-refractivity contribution in [1.82, 2.24) is 10.2 Å². The number of hydrogen-bond acceptors (Lipinski definition) is 6. The van der Waals surface area contributed by atoms with E-state index in [9.17, 15) is 14.4 Å². The van der Waals surface area contributed by atoms with E-state index in [1.807, 2.05) is 18.2 Å². The summed E-state index contributed by atoms with van der Waals surface area (Å²) < 4.78 is 25.0. The van der Waals surface area contributed by atoms with Crippen molar-refractivity contribution in [2.24, 2.45) is 10.9 Å². The average Bonchev–Trinajstić information content (AvgIpc) is 3.38. The van der Waals surface area contributed by atoms with Gasteiger partial charge in [-0.05, 0) is 63.1 Å². The van der Waals surface area contributed by atoms with Crippen molar-refractivity contribution in [2.45, 2.75) is 57.8 Å². The zero-order valence-corrected chi connectivity index (χ0v) is 20.6. The lowest BCUT2D eigenvalue weighted by Crippen LogP contribution is -2.40. The zero-order chi connectivity index (χ0) is 24.9. The van der Waals surface area contributed by atoms with Crippen LogP contribution in [0.4, 0.5) is 4.39 Å². The maximum Gasteiger partial charge on any atom is 0.262 e. The molecular formula is C27H37FN4O3. The third kappa shape index (κ3) is 9.08. The number of nitriles is 1. The molecule has 0 aromatic rings. The number of aliphatic imine (C=N–C) groups is 1. The van der Waals surface area contributed by atoms with Gasteiger partial charge in [0, 0.05) is 24.9 Å². The predicted octanol–water partition coefficient (Wildman–Crippen LogP) is 4.01. The Labute approximate surface area is 208 Å². The van der Waals surface area contributed by atoms with Crippen LogP contribution in [0.2, 0.25) is 0 Å². The van der Waals surface area contributed by atoms with Crippen LogP contribution in [0.15, 0.2) is 52.8 Å². The molecule has 1 fully saturated rings. The molecule has 0 bridgehead atoms. The van der Waals surface area contributed by atoms with Crippen LogP contribution < -0.4 is 5.32 Å². The molecule has 3 aliphatic rings. The molecule has 3 atom stereocenters. The fourth-order valence-electron chi connectivity index (χ4n) is 4.43. The highest BCUT2D eigenvalue weighted by Crippen LogP contribution is 2.23. The second-order valence-corrected chi connectivity index (χ2v) is 9.04. The lowest BCUT2D eigenvalue weighted by Gasteiger charge is -2.27. The van der Waals surface area contributed by atoms with E-state index in [4.69, 9.17) is 9.47 Å². The van der Waals surface area contributed by atoms with Crippen molar-refractivity contribution in [2.75, 3.05) is 39.5 Å². The van der Waals surface area contributed by atoms with Gasteiger partial charge in [0.15, 0.2) is 6.30 Å². The number of dihydropyridines is 1. The molecule has 0 radical (unpaired) electrons. The van der Waals surface area contributed by atoms with Crippen LogP contribution in [0, 0.1) is 17.2 Å². The molecule has 3 unspecified atom stereocenters. The van der Waals surface area contributed by atoms with Crippen LogP contribution in [0.1, 0.15) is 45.4 Å². The van der Waals surface area contributed by atoms with Gasteiger partial charge in [-0.1, -0.05) is 25.5 Å². The number of rotatable bonds is 13. The molecule has 8 heteroatoms. The highest BCUT2D eigenvalue weighted by molar-refractivity contribution is 6.11. The maximum absolute atomic E-state index is 13.5. The molecule has 2 aliphatic heterocycles. The number of nitrogens with zero attached hydrogens (tertiary/aromatic N) is 3. The number of amides is 1. The van der Waals surface area contributed by atoms with Crippen LogP contribution in [0.5, 0.6) is 0 Å². The Bertz CT molecular complexity index is 897. The molecule has 0 spiro atoms. The number of hydrogen-bond donors (Lipinski definition) is 1. The molecule has 0 aromatic heterocycles. The van der Waals surface area contributed by atoms with Gasteiger partial charge in [-0.2, -0.15) is 5.26 Å². The molecular weight excluding hydrogens is 447 g/mol. The van der Waals surface area contributed by atoms with Crippen LogP contribution in [-0.2, 0) is 14.3 Å². The van der Waals surface area contributed by atoms with E-state index >= 15 is 0 Å². The lowest BCUT2D eigenvalue weighted by molar-refractivity contribution is -0.118. The minimum absolute atomic E-state index is 0.0762. The summed E-state index contributed by atoms with van der Waals surface area (Å²) in [5.74, 6) is 0.449. The van der Waals surface area contributed by atoms with Gasteiger partial charge in [-0.25, -0.2) is 9.38 Å². The molecule has 1 N–H and O–H groups in total. The number of ether oxygens (including phenoxy) is 2. The Morgan fingerprint density at radius 3 is 2.83 bits per heavy atom. The van der Waals surface area contributed by atoms with Crippen molar-refractivity contribution in [1.29, 1.82) is 5.26 Å². The van der Waals surface area contributed by atoms with Crippen molar-refractivity contribution < 1.29 is 18.7 Å². The minimum atomic E-state index is -1.33. The Morgan fingerprint density at radius 2 is 2.14 bits per heavy atom. The number of alkyl halides is 1. The van der Waals surface area contributed by atoms with Gasteiger partial charge in [0.25, 0.3) is 5.91 Å². The number of carbonyl (C=O) groups excluding carboxylic acids is 1. The fourth-order valence-corrected chi connectivity index (χ4v) is 4.43. The molecule has 1 amide bonds. The number of likely N-dealkylation sites (tertiary alicyclic amines) is 1. The summed E-state index contributed by atoms with van der Waals surface area (Å²) in [6.45, 7) is 7.20. The van der Waals surface area contributed by atoms with Crippen LogP contribution in [0.25, 0.3) is 0 Å². The van der Waals surface area contributed by atoms with Gasteiger partial charge in [0.2, 0.25) is 0 Å². The third-order valence-electron chi connectivity index (χ3n) is 6.34. The average molecular weight is 485 g/mol. The fraction of sp³-hybridized carbons (Fsp3) is 0.593. The summed E-state index contributed by atoms with van der Waals surface area (Å²) in [5, 5.41) is 12.5. The summed E-state index contributed by atoms with van der Waals surface area (Å²) in [4.78, 5) is 19.0. The van der Waals surface area contributed by atoms with E-state index in [-0.39, 0.29) is 24.0 Å². The van der Waals surface area contributed by atoms with E-state index in [0.29, 0.717) is 18.9 Å². The van der Waals surface area contributed by atoms with Gasteiger partial charge in [0.1, 0.15) is 24.0 Å². The monoisotopic (exact) mass is 484 g/mol. The second kappa shape index (κ2) is 14.6. The van der Waals surface area contributed by atoms with E-state index < -0.39 is 12.2 Å². The van der Waals surface area contributed by atoms with Crippen molar-refractivity contribution in [3.05, 3.63) is 47.8 Å². The molecule has 0 aromatic carbocycles. The smallest absolute Gasteiger partial charge is 0.262 e. The third-order valence-corrected chi connectivity index (χ3v) is 6.34. The molecule has 2 heterocycles. The summed E-state index contributed by atoms with van der Waals surface area (Å²) in [6, 6.07) is 1.80. The second-order valence-electron chi connectivity index (χ2n) is 9.04. The van der Waals surface area contributed by atoms with E-state index in [1.165, 1.54) is 32.0 Å². The number of halogens is 1. The van der Waals surface area contributed by atoms with E-state index in [2.05, 4.69) is 28.2 Å². The van der Waals surface area contributed by atoms with Crippen molar-refractivity contribution in [3.8, 4) is 6.07 Å². The lowest BCUT2D eigenvalue weighted by atomic mass is 9.89. The predicted molar refractivity (Wildman–Crippen MR) is 134 cm³/mol. The van der Waals surface area contributed by atoms with E-state index in [1.54, 1.807) is 12.2 Å².